The summed E-state index contributed by atoms with van der Waals surface area (Å²) < 4.78 is 0.815. The van der Waals surface area contributed by atoms with E-state index >= 15 is 0 Å². The molecule has 1 heterocycles. The van der Waals surface area contributed by atoms with Crippen molar-refractivity contribution in [3.05, 3.63) is 22.4 Å². The fourth-order valence-electron chi connectivity index (χ4n) is 0.661. The number of pyridine rings is 1. The van der Waals surface area contributed by atoms with E-state index in [0.29, 0.717) is 11.4 Å². The Hall–Kier alpha value is -0.680. The van der Waals surface area contributed by atoms with Crippen molar-refractivity contribution in [1.82, 2.24) is 4.98 Å². The van der Waals surface area contributed by atoms with Gasteiger partial charge >= 0.3 is 0 Å². The second kappa shape index (κ2) is 3.15. The van der Waals surface area contributed by atoms with Crippen molar-refractivity contribution in [2.45, 2.75) is 0 Å². The molecule has 0 unspecified atom stereocenters. The number of rotatable bonds is 1. The molecule has 0 bridgehead atoms. The van der Waals surface area contributed by atoms with Gasteiger partial charge in [-0.05, 0) is 22.0 Å². The Balaban J connectivity index is 3.20. The number of hydrogen-bond donors (Lipinski definition) is 2. The monoisotopic (exact) mass is 231 g/mol. The molecule has 11 heavy (non-hydrogen) atoms. The highest BCUT2D eigenvalue weighted by Gasteiger charge is 2.02. The fourth-order valence-corrected chi connectivity index (χ4v) is 1.18. The molecule has 0 fully saturated rings. The minimum Gasteiger partial charge on any atom is -0.397 e. The number of nitrogen functional groups attached to an aromatic ring is 1. The third-order valence-corrected chi connectivity index (χ3v) is 1.74. The van der Waals surface area contributed by atoms with Crippen molar-refractivity contribution < 1.29 is 0 Å². The van der Waals surface area contributed by atoms with Gasteiger partial charge in [0.05, 0.1) is 5.69 Å². The van der Waals surface area contributed by atoms with E-state index in [1.54, 1.807) is 12.3 Å². The average Bonchev–Trinajstić information content (AvgIpc) is 1.85. The number of halogens is 1. The van der Waals surface area contributed by atoms with Crippen LogP contribution in [-0.4, -0.2) is 9.97 Å². The van der Waals surface area contributed by atoms with E-state index in [1.165, 1.54) is 0 Å². The quantitative estimate of drug-likeness (QED) is 0.710. The summed E-state index contributed by atoms with van der Waals surface area (Å²) in [7, 11) is 0. The molecule has 5 heteroatoms. The van der Waals surface area contributed by atoms with E-state index in [-0.39, 0.29) is 4.99 Å². The maximum Gasteiger partial charge on any atom is 0.124 e. The first-order valence-electron chi connectivity index (χ1n) is 2.82. The van der Waals surface area contributed by atoms with Gasteiger partial charge in [0, 0.05) is 10.7 Å². The predicted molar refractivity (Wildman–Crippen MR) is 52.2 cm³/mol. The van der Waals surface area contributed by atoms with Crippen LogP contribution in [0.3, 0.4) is 0 Å². The molecule has 0 atom stereocenters. The van der Waals surface area contributed by atoms with Crippen LogP contribution in [0.25, 0.3) is 0 Å². The lowest BCUT2D eigenvalue weighted by Gasteiger charge is -2.01. The average molecular weight is 232 g/mol. The highest BCUT2D eigenvalue weighted by atomic mass is 79.9. The van der Waals surface area contributed by atoms with Crippen LogP contribution < -0.4 is 11.5 Å². The first-order valence-corrected chi connectivity index (χ1v) is 4.02. The molecule has 0 amide bonds. The maximum atomic E-state index is 5.56. The van der Waals surface area contributed by atoms with Crippen molar-refractivity contribution in [2.75, 3.05) is 5.73 Å². The Labute approximate surface area is 77.9 Å². The SMILES string of the molecule is NC(=S)c1ncc(Br)cc1N. The van der Waals surface area contributed by atoms with Crippen LogP contribution in [0.15, 0.2) is 16.7 Å². The first kappa shape index (κ1) is 8.42. The summed E-state index contributed by atoms with van der Waals surface area (Å²) >= 11 is 7.93. The van der Waals surface area contributed by atoms with E-state index in [4.69, 9.17) is 23.7 Å². The number of hydrogen-bond acceptors (Lipinski definition) is 3. The van der Waals surface area contributed by atoms with E-state index in [9.17, 15) is 0 Å². The highest BCUT2D eigenvalue weighted by molar-refractivity contribution is 9.10. The molecule has 0 radical (unpaired) electrons. The van der Waals surface area contributed by atoms with Crippen LogP contribution in [-0.2, 0) is 0 Å². The Bertz CT molecular complexity index is 300. The van der Waals surface area contributed by atoms with E-state index in [2.05, 4.69) is 20.9 Å². The van der Waals surface area contributed by atoms with E-state index in [0.717, 1.165) is 4.47 Å². The van der Waals surface area contributed by atoms with Crippen molar-refractivity contribution >= 4 is 38.8 Å². The smallest absolute Gasteiger partial charge is 0.124 e. The molecular weight excluding hydrogens is 226 g/mol. The highest BCUT2D eigenvalue weighted by Crippen LogP contribution is 2.15. The first-order chi connectivity index (χ1) is 5.11. The van der Waals surface area contributed by atoms with Crippen LogP contribution in [0, 0.1) is 0 Å². The molecule has 0 aliphatic heterocycles. The standard InChI is InChI=1S/C6H6BrN3S/c7-3-1-4(8)5(6(9)11)10-2-3/h1-2H,8H2,(H2,9,11). The van der Waals surface area contributed by atoms with Crippen molar-refractivity contribution in [1.29, 1.82) is 0 Å². The van der Waals surface area contributed by atoms with Gasteiger partial charge in [0.25, 0.3) is 0 Å². The van der Waals surface area contributed by atoms with Gasteiger partial charge in [-0.1, -0.05) is 12.2 Å². The number of nitrogens with zero attached hydrogens (tertiary/aromatic N) is 1. The summed E-state index contributed by atoms with van der Waals surface area (Å²) in [6.07, 6.45) is 1.60. The molecular formula is C6H6BrN3S. The van der Waals surface area contributed by atoms with Crippen molar-refractivity contribution in [3.63, 3.8) is 0 Å². The van der Waals surface area contributed by atoms with Gasteiger partial charge < -0.3 is 11.5 Å². The second-order valence-electron chi connectivity index (χ2n) is 1.96. The summed E-state index contributed by atoms with van der Waals surface area (Å²) in [5.41, 5.74) is 11.9. The maximum absolute atomic E-state index is 5.56. The van der Waals surface area contributed by atoms with Gasteiger partial charge in [-0.15, -0.1) is 0 Å². The normalized spacial score (nSPS) is 9.55. The molecule has 4 N–H and O–H groups in total. The molecule has 0 aliphatic carbocycles. The molecule has 0 saturated heterocycles. The second-order valence-corrected chi connectivity index (χ2v) is 3.31. The van der Waals surface area contributed by atoms with Gasteiger partial charge in [-0.2, -0.15) is 0 Å². The van der Waals surface area contributed by atoms with Gasteiger partial charge in [0.15, 0.2) is 0 Å². The zero-order valence-electron chi connectivity index (χ0n) is 5.54. The van der Waals surface area contributed by atoms with Crippen molar-refractivity contribution in [3.8, 4) is 0 Å². The van der Waals surface area contributed by atoms with E-state index in [1.807, 2.05) is 0 Å². The van der Waals surface area contributed by atoms with Crippen molar-refractivity contribution in [2.24, 2.45) is 5.73 Å². The zero-order chi connectivity index (χ0) is 8.43. The molecule has 0 saturated carbocycles. The van der Waals surface area contributed by atoms with Gasteiger partial charge in [0.1, 0.15) is 10.7 Å². The Morgan fingerprint density at radius 2 is 2.27 bits per heavy atom. The molecule has 0 aliphatic rings. The van der Waals surface area contributed by atoms with Crippen LogP contribution in [0.5, 0.6) is 0 Å². The van der Waals surface area contributed by atoms with Crippen LogP contribution in [0.1, 0.15) is 5.69 Å². The number of anilines is 1. The lowest BCUT2D eigenvalue weighted by atomic mass is 10.3. The molecule has 1 rings (SSSR count). The van der Waals surface area contributed by atoms with Gasteiger partial charge in [-0.25, -0.2) is 0 Å². The Kier molecular flexibility index (Phi) is 2.41. The lowest BCUT2D eigenvalue weighted by molar-refractivity contribution is 1.28. The van der Waals surface area contributed by atoms with Crippen LogP contribution >= 0.6 is 28.1 Å². The zero-order valence-corrected chi connectivity index (χ0v) is 7.95. The third-order valence-electron chi connectivity index (χ3n) is 1.12. The summed E-state index contributed by atoms with van der Waals surface area (Å²) in [4.78, 5) is 4.16. The summed E-state index contributed by atoms with van der Waals surface area (Å²) in [6, 6.07) is 1.71. The van der Waals surface area contributed by atoms with Gasteiger partial charge in [0.2, 0.25) is 0 Å². The minimum absolute atomic E-state index is 0.218. The Morgan fingerprint density at radius 3 is 2.73 bits per heavy atom. The molecule has 3 nitrogen and oxygen atoms in total. The molecule has 0 aromatic carbocycles. The third kappa shape index (κ3) is 1.87. The largest absolute Gasteiger partial charge is 0.397 e. The summed E-state index contributed by atoms with van der Waals surface area (Å²) in [6.45, 7) is 0. The van der Waals surface area contributed by atoms with E-state index < -0.39 is 0 Å². The number of aromatic nitrogens is 1. The molecule has 0 spiro atoms. The molecule has 1 aromatic rings. The van der Waals surface area contributed by atoms with Crippen LogP contribution in [0.4, 0.5) is 5.69 Å². The number of nitrogens with two attached hydrogens (primary N) is 2. The summed E-state index contributed by atoms with van der Waals surface area (Å²) in [5.74, 6) is 0. The molecule has 1 aromatic heterocycles. The van der Waals surface area contributed by atoms with Crippen LogP contribution in [0.2, 0.25) is 0 Å². The topological polar surface area (TPSA) is 64.9 Å². The predicted octanol–water partition coefficient (Wildman–Crippen LogP) is 1.06. The fraction of sp³-hybridized carbons (Fsp3) is 0. The molecule has 58 valence electrons. The Morgan fingerprint density at radius 1 is 1.64 bits per heavy atom. The summed E-state index contributed by atoms with van der Waals surface area (Å²) in [5, 5.41) is 0. The minimum atomic E-state index is 0.218. The number of thiocarbonyl (C=S) groups is 1. The lowest BCUT2D eigenvalue weighted by Crippen LogP contribution is -2.13. The van der Waals surface area contributed by atoms with Gasteiger partial charge in [-0.3, -0.25) is 4.98 Å².